The number of benzene rings is 1. The molecule has 22 heavy (non-hydrogen) atoms. The second-order valence-electron chi connectivity index (χ2n) is 6.33. The normalized spacial score (nSPS) is 25.9. The van der Waals surface area contributed by atoms with Crippen LogP contribution in [0.3, 0.4) is 0 Å². The molecule has 1 aromatic rings. The van der Waals surface area contributed by atoms with Crippen molar-refractivity contribution < 1.29 is 14.3 Å². The summed E-state index contributed by atoms with van der Waals surface area (Å²) in [6, 6.07) is 6.25. The number of likely N-dealkylation sites (tertiary alicyclic amines) is 1. The van der Waals surface area contributed by atoms with Gasteiger partial charge >= 0.3 is 0 Å². The van der Waals surface area contributed by atoms with Gasteiger partial charge in [-0.1, -0.05) is 18.2 Å². The molecule has 1 amide bonds. The number of fused-ring (bicyclic) bond motifs is 1. The van der Waals surface area contributed by atoms with E-state index in [1.807, 2.05) is 12.1 Å². The summed E-state index contributed by atoms with van der Waals surface area (Å²) in [5.74, 6) is 2.33. The number of hydrogen-bond acceptors (Lipinski definition) is 3. The average Bonchev–Trinajstić information content (AvgIpc) is 3.27. The molecule has 1 fully saturated rings. The number of amides is 1. The molecule has 116 valence electrons. The highest BCUT2D eigenvalue weighted by molar-refractivity contribution is 5.77. The lowest BCUT2D eigenvalue weighted by molar-refractivity contribution is -0.132. The summed E-state index contributed by atoms with van der Waals surface area (Å²) in [5.41, 5.74) is 1.16. The Morgan fingerprint density at radius 1 is 1.23 bits per heavy atom. The minimum atomic E-state index is 0.187. The van der Waals surface area contributed by atoms with E-state index in [4.69, 9.17) is 9.47 Å². The molecule has 3 aliphatic rings. The molecule has 0 saturated carbocycles. The van der Waals surface area contributed by atoms with Gasteiger partial charge in [0.25, 0.3) is 0 Å². The van der Waals surface area contributed by atoms with Crippen LogP contribution in [0.4, 0.5) is 0 Å². The fraction of sp³-hybridized carbons (Fsp3) is 0.500. The zero-order valence-corrected chi connectivity index (χ0v) is 12.7. The van der Waals surface area contributed by atoms with Gasteiger partial charge in [0.05, 0.1) is 6.04 Å². The highest BCUT2D eigenvalue weighted by Crippen LogP contribution is 2.39. The number of carbonyl (C=O) groups excluding carboxylic acids is 1. The highest BCUT2D eigenvalue weighted by Gasteiger charge is 2.31. The summed E-state index contributed by atoms with van der Waals surface area (Å²) in [4.78, 5) is 14.7. The summed E-state index contributed by atoms with van der Waals surface area (Å²) >= 11 is 0. The molecule has 4 nitrogen and oxygen atoms in total. The molecule has 1 saturated heterocycles. The van der Waals surface area contributed by atoms with Crippen LogP contribution in [-0.4, -0.2) is 24.1 Å². The van der Waals surface area contributed by atoms with Crippen LogP contribution in [0.25, 0.3) is 0 Å². The van der Waals surface area contributed by atoms with Crippen LogP contribution >= 0.6 is 0 Å². The van der Waals surface area contributed by atoms with Gasteiger partial charge < -0.3 is 14.4 Å². The number of allylic oxidation sites excluding steroid dienone is 2. The van der Waals surface area contributed by atoms with Gasteiger partial charge in [-0.05, 0) is 49.3 Å². The van der Waals surface area contributed by atoms with Gasteiger partial charge in [0.1, 0.15) is 0 Å². The minimum absolute atomic E-state index is 0.187. The molecule has 0 unspecified atom stereocenters. The minimum Gasteiger partial charge on any atom is -0.454 e. The number of rotatable bonds is 3. The van der Waals surface area contributed by atoms with Crippen molar-refractivity contribution >= 4 is 5.91 Å². The zero-order valence-electron chi connectivity index (χ0n) is 12.7. The summed E-state index contributed by atoms with van der Waals surface area (Å²) < 4.78 is 10.8. The Morgan fingerprint density at radius 3 is 3.00 bits per heavy atom. The van der Waals surface area contributed by atoms with Crippen LogP contribution in [0.2, 0.25) is 0 Å². The second-order valence-corrected chi connectivity index (χ2v) is 6.33. The maximum atomic E-state index is 12.7. The number of carbonyl (C=O) groups is 1. The number of hydrogen-bond donors (Lipinski definition) is 0. The predicted molar refractivity (Wildman–Crippen MR) is 82.7 cm³/mol. The molecule has 1 aliphatic carbocycles. The van der Waals surface area contributed by atoms with Crippen LogP contribution in [0, 0.1) is 5.92 Å². The van der Waals surface area contributed by atoms with Gasteiger partial charge in [-0.3, -0.25) is 4.79 Å². The fourth-order valence-corrected chi connectivity index (χ4v) is 3.74. The first-order valence-electron chi connectivity index (χ1n) is 8.17. The third-order valence-corrected chi connectivity index (χ3v) is 4.90. The molecule has 0 radical (unpaired) electrons. The maximum absolute atomic E-state index is 12.7. The van der Waals surface area contributed by atoms with Gasteiger partial charge in [-0.25, -0.2) is 0 Å². The molecule has 2 atom stereocenters. The Labute approximate surface area is 130 Å². The first-order valence-corrected chi connectivity index (χ1v) is 8.17. The van der Waals surface area contributed by atoms with E-state index in [2.05, 4.69) is 23.1 Å². The molecule has 4 rings (SSSR count). The Bertz CT molecular complexity index is 610. The molecule has 1 aromatic carbocycles. The van der Waals surface area contributed by atoms with Crippen molar-refractivity contribution in [3.05, 3.63) is 35.9 Å². The molecule has 0 bridgehead atoms. The van der Waals surface area contributed by atoms with Crippen molar-refractivity contribution in [2.24, 2.45) is 5.92 Å². The molecule has 2 heterocycles. The molecule has 2 aliphatic heterocycles. The van der Waals surface area contributed by atoms with Gasteiger partial charge in [-0.15, -0.1) is 0 Å². The summed E-state index contributed by atoms with van der Waals surface area (Å²) in [7, 11) is 0. The predicted octanol–water partition coefficient (Wildman–Crippen LogP) is 3.44. The van der Waals surface area contributed by atoms with E-state index in [9.17, 15) is 4.79 Å². The van der Waals surface area contributed by atoms with Gasteiger partial charge in [-0.2, -0.15) is 0 Å². The van der Waals surface area contributed by atoms with E-state index >= 15 is 0 Å². The van der Waals surface area contributed by atoms with Crippen LogP contribution < -0.4 is 9.47 Å². The first kappa shape index (κ1) is 13.7. The topological polar surface area (TPSA) is 38.8 Å². The van der Waals surface area contributed by atoms with Crippen LogP contribution in [0.1, 0.15) is 43.7 Å². The van der Waals surface area contributed by atoms with E-state index in [1.54, 1.807) is 0 Å². The van der Waals surface area contributed by atoms with Crippen LogP contribution in [0.5, 0.6) is 11.5 Å². The van der Waals surface area contributed by atoms with Gasteiger partial charge in [0.2, 0.25) is 12.7 Å². The molecule has 4 heteroatoms. The zero-order chi connectivity index (χ0) is 14.9. The largest absolute Gasteiger partial charge is 0.454 e. The van der Waals surface area contributed by atoms with E-state index in [0.29, 0.717) is 19.1 Å². The Balaban J connectivity index is 1.50. The van der Waals surface area contributed by atoms with E-state index in [0.717, 1.165) is 49.3 Å². The molecular weight excluding hydrogens is 278 g/mol. The fourth-order valence-electron chi connectivity index (χ4n) is 3.74. The van der Waals surface area contributed by atoms with Gasteiger partial charge in [0.15, 0.2) is 11.5 Å². The average molecular weight is 299 g/mol. The summed E-state index contributed by atoms with van der Waals surface area (Å²) in [6.45, 7) is 1.16. The van der Waals surface area contributed by atoms with Crippen LogP contribution in [-0.2, 0) is 4.79 Å². The molecule has 0 aromatic heterocycles. The third-order valence-electron chi connectivity index (χ3n) is 4.90. The van der Waals surface area contributed by atoms with Crippen molar-refractivity contribution in [3.63, 3.8) is 0 Å². The molecular formula is C18H21NO3. The Kier molecular flexibility index (Phi) is 3.53. The Morgan fingerprint density at radius 2 is 2.14 bits per heavy atom. The van der Waals surface area contributed by atoms with Crippen molar-refractivity contribution in [3.8, 4) is 11.5 Å². The molecule has 0 N–H and O–H groups in total. The number of nitrogens with zero attached hydrogens (tertiary/aromatic N) is 1. The monoisotopic (exact) mass is 299 g/mol. The summed E-state index contributed by atoms with van der Waals surface area (Å²) in [5, 5.41) is 0. The number of ether oxygens (including phenoxy) is 2. The highest BCUT2D eigenvalue weighted by atomic mass is 16.7. The lowest BCUT2D eigenvalue weighted by Crippen LogP contribution is -2.31. The Hall–Kier alpha value is -1.97. The van der Waals surface area contributed by atoms with Crippen molar-refractivity contribution in [2.75, 3.05) is 13.3 Å². The second kappa shape index (κ2) is 5.67. The smallest absolute Gasteiger partial charge is 0.231 e. The van der Waals surface area contributed by atoms with Crippen molar-refractivity contribution in [2.45, 2.75) is 38.1 Å². The SMILES string of the molecule is O=C(C[C@H]1C=CCC1)N1CCC[C@@H]1c1ccc2c(c1)OCO2. The lowest BCUT2D eigenvalue weighted by Gasteiger charge is -2.26. The van der Waals surface area contributed by atoms with E-state index < -0.39 is 0 Å². The van der Waals surface area contributed by atoms with Crippen LogP contribution in [0.15, 0.2) is 30.4 Å². The maximum Gasteiger partial charge on any atom is 0.231 e. The van der Waals surface area contributed by atoms with Crippen molar-refractivity contribution in [1.29, 1.82) is 0 Å². The summed E-state index contributed by atoms with van der Waals surface area (Å²) in [6.07, 6.45) is 9.38. The third kappa shape index (κ3) is 2.47. The van der Waals surface area contributed by atoms with E-state index in [1.165, 1.54) is 0 Å². The van der Waals surface area contributed by atoms with Crippen molar-refractivity contribution in [1.82, 2.24) is 4.90 Å². The molecule has 0 spiro atoms. The lowest BCUT2D eigenvalue weighted by atomic mass is 10.0. The standard InChI is InChI=1S/C18H21NO3/c20-18(10-13-4-1-2-5-13)19-9-3-6-15(19)14-7-8-16-17(11-14)22-12-21-16/h1,4,7-8,11,13,15H,2-3,5-6,9-10,12H2/t13-,15+/m0/s1. The quantitative estimate of drug-likeness (QED) is 0.803. The first-order chi connectivity index (χ1) is 10.8. The van der Waals surface area contributed by atoms with E-state index in [-0.39, 0.29) is 11.9 Å². The van der Waals surface area contributed by atoms with Gasteiger partial charge in [0, 0.05) is 13.0 Å².